The fraction of sp³-hybridized carbons (Fsp3) is 0.750. The molecule has 0 aliphatic rings. The van der Waals surface area contributed by atoms with E-state index >= 15 is 0 Å². The van der Waals surface area contributed by atoms with Crippen molar-refractivity contribution in [3.05, 3.63) is 25.3 Å². The summed E-state index contributed by atoms with van der Waals surface area (Å²) in [5.41, 5.74) is 0. The van der Waals surface area contributed by atoms with E-state index in [-0.39, 0.29) is 6.42 Å². The number of hydrogen-bond acceptors (Lipinski definition) is 3. The van der Waals surface area contributed by atoms with Crippen LogP contribution in [0.1, 0.15) is 26.2 Å². The van der Waals surface area contributed by atoms with Crippen LogP contribution in [0.2, 0.25) is 0 Å². The predicted molar refractivity (Wildman–Crippen MR) is 94.0 cm³/mol. The first-order chi connectivity index (χ1) is 14.5. The lowest BCUT2D eigenvalue weighted by atomic mass is 9.92. The Morgan fingerprint density at radius 1 is 0.758 bits per heavy atom. The predicted octanol–water partition coefficient (Wildman–Crippen LogP) is 5.78. The van der Waals surface area contributed by atoms with Crippen LogP contribution in [0, 0.1) is 0 Å². The van der Waals surface area contributed by atoms with Gasteiger partial charge in [-0.2, -0.15) is 61.1 Å². The van der Waals surface area contributed by atoms with Crippen molar-refractivity contribution in [2.45, 2.75) is 61.1 Å². The van der Waals surface area contributed by atoms with Gasteiger partial charge in [-0.15, -0.1) is 13.2 Å². The standard InChI is InChI=1S/C10H10F12O3S.C6H11N/c1-2-3-4-5(11,12)6(13,14)7(15,16)8(17,18)9(19,20)10(21,22)26(23,24)25;1-3-5-7-6-4-2/h2-4H2,1H3,(H,23,24,25);3-4,7H,1-2,5-6H2. The highest BCUT2D eigenvalue weighted by atomic mass is 32.2. The molecule has 0 aromatic carbocycles. The molecule has 0 saturated carbocycles. The molecule has 0 atom stereocenters. The number of rotatable bonds is 13. The van der Waals surface area contributed by atoms with Crippen molar-refractivity contribution in [1.82, 2.24) is 5.32 Å². The maximum Gasteiger partial charge on any atom is 0.438 e. The lowest BCUT2D eigenvalue weighted by Crippen LogP contribution is -2.71. The van der Waals surface area contributed by atoms with Crippen molar-refractivity contribution in [1.29, 1.82) is 0 Å². The monoisotopic (exact) mass is 535 g/mol. The van der Waals surface area contributed by atoms with Crippen molar-refractivity contribution < 1.29 is 65.7 Å². The number of halogens is 12. The Kier molecular flexibility index (Phi) is 11.5. The van der Waals surface area contributed by atoms with Crippen LogP contribution in [0.4, 0.5) is 52.7 Å². The number of nitrogens with one attached hydrogen (secondary N) is 1. The van der Waals surface area contributed by atoms with Crippen LogP contribution < -0.4 is 5.32 Å². The van der Waals surface area contributed by atoms with Crippen molar-refractivity contribution in [3.8, 4) is 0 Å². The van der Waals surface area contributed by atoms with Gasteiger partial charge in [0.2, 0.25) is 0 Å². The maximum atomic E-state index is 13.2. The average molecular weight is 535 g/mol. The van der Waals surface area contributed by atoms with Crippen molar-refractivity contribution >= 4 is 10.1 Å². The Morgan fingerprint density at radius 3 is 1.42 bits per heavy atom. The van der Waals surface area contributed by atoms with Crippen LogP contribution in [0.3, 0.4) is 0 Å². The van der Waals surface area contributed by atoms with Crippen LogP contribution in [-0.4, -0.2) is 60.9 Å². The van der Waals surface area contributed by atoms with Gasteiger partial charge in [0.1, 0.15) is 0 Å². The summed E-state index contributed by atoms with van der Waals surface area (Å²) >= 11 is 0. The summed E-state index contributed by atoms with van der Waals surface area (Å²) in [5, 5.41) is -4.35. The van der Waals surface area contributed by atoms with Gasteiger partial charge in [0, 0.05) is 19.5 Å². The molecule has 0 aliphatic carbocycles. The quantitative estimate of drug-likeness (QED) is 0.136. The molecule has 0 bridgehead atoms. The topological polar surface area (TPSA) is 66.4 Å². The fourth-order valence-electron chi connectivity index (χ4n) is 1.81. The molecule has 0 fully saturated rings. The molecule has 2 N–H and O–H groups in total. The molecule has 33 heavy (non-hydrogen) atoms. The molecule has 0 unspecified atom stereocenters. The largest absolute Gasteiger partial charge is 0.438 e. The zero-order valence-corrected chi connectivity index (χ0v) is 17.6. The third-order valence-electron chi connectivity index (χ3n) is 3.75. The summed E-state index contributed by atoms with van der Waals surface area (Å²) in [7, 11) is -7.53. The average Bonchev–Trinajstić information content (AvgIpc) is 2.65. The van der Waals surface area contributed by atoms with E-state index in [9.17, 15) is 61.1 Å². The number of alkyl halides is 12. The van der Waals surface area contributed by atoms with Gasteiger partial charge in [-0.1, -0.05) is 25.5 Å². The summed E-state index contributed by atoms with van der Waals surface area (Å²) in [4.78, 5) is 0. The van der Waals surface area contributed by atoms with E-state index in [4.69, 9.17) is 4.55 Å². The molecule has 198 valence electrons. The molecule has 0 saturated heterocycles. The third-order valence-corrected chi connectivity index (χ3v) is 4.66. The summed E-state index contributed by atoms with van der Waals surface area (Å²) in [6.45, 7) is 9.89. The number of unbranched alkanes of at least 4 members (excludes halogenated alkanes) is 1. The van der Waals surface area contributed by atoms with Gasteiger partial charge in [0.15, 0.2) is 0 Å². The van der Waals surface area contributed by atoms with E-state index in [0.717, 1.165) is 20.0 Å². The van der Waals surface area contributed by atoms with Crippen molar-refractivity contribution in [2.24, 2.45) is 0 Å². The van der Waals surface area contributed by atoms with Gasteiger partial charge in [0.25, 0.3) is 0 Å². The Bertz CT molecular complexity index is 746. The molecular weight excluding hydrogens is 514 g/mol. The van der Waals surface area contributed by atoms with E-state index in [1.165, 1.54) is 0 Å². The van der Waals surface area contributed by atoms with Crippen LogP contribution in [0.25, 0.3) is 0 Å². The minimum atomic E-state index is -8.02. The molecule has 0 amide bonds. The van der Waals surface area contributed by atoms with Crippen molar-refractivity contribution in [2.75, 3.05) is 13.1 Å². The molecule has 0 rings (SSSR count). The molecule has 0 aromatic heterocycles. The second-order valence-electron chi connectivity index (χ2n) is 6.33. The summed E-state index contributed by atoms with van der Waals surface area (Å²) < 4.78 is 185. The Balaban J connectivity index is 0. The lowest BCUT2D eigenvalue weighted by Gasteiger charge is -2.40. The first-order valence-electron chi connectivity index (χ1n) is 8.64. The highest BCUT2D eigenvalue weighted by Crippen LogP contribution is 2.61. The Labute approximate surface area is 181 Å². The highest BCUT2D eigenvalue weighted by molar-refractivity contribution is 7.87. The van der Waals surface area contributed by atoms with E-state index in [1.54, 1.807) is 0 Å². The van der Waals surface area contributed by atoms with Gasteiger partial charge in [-0.3, -0.25) is 4.55 Å². The van der Waals surface area contributed by atoms with Gasteiger partial charge in [-0.25, -0.2) is 0 Å². The molecule has 4 nitrogen and oxygen atoms in total. The second-order valence-corrected chi connectivity index (χ2v) is 7.80. The Morgan fingerprint density at radius 2 is 1.12 bits per heavy atom. The van der Waals surface area contributed by atoms with E-state index in [0.29, 0.717) is 0 Å². The first kappa shape index (κ1) is 33.7. The third kappa shape index (κ3) is 6.55. The fourth-order valence-corrected chi connectivity index (χ4v) is 2.26. The molecule has 0 spiro atoms. The van der Waals surface area contributed by atoms with E-state index in [2.05, 4.69) is 18.5 Å². The van der Waals surface area contributed by atoms with Gasteiger partial charge >= 0.3 is 45.0 Å². The minimum absolute atomic E-state index is 0.343. The normalized spacial score (nSPS) is 14.4. The van der Waals surface area contributed by atoms with Crippen molar-refractivity contribution in [3.63, 3.8) is 0 Å². The van der Waals surface area contributed by atoms with Crippen LogP contribution >= 0.6 is 0 Å². The summed E-state index contributed by atoms with van der Waals surface area (Å²) in [6.07, 6.45) is 0.155. The van der Waals surface area contributed by atoms with Crippen LogP contribution in [-0.2, 0) is 10.1 Å². The zero-order chi connectivity index (χ0) is 27.2. The molecule has 0 aliphatic heterocycles. The lowest BCUT2D eigenvalue weighted by molar-refractivity contribution is -0.417. The smallest absolute Gasteiger partial charge is 0.310 e. The Hall–Kier alpha value is -1.49. The molecular formula is C16H21F12NO3S. The van der Waals surface area contributed by atoms with Gasteiger partial charge in [0.05, 0.1) is 0 Å². The zero-order valence-electron chi connectivity index (χ0n) is 16.8. The van der Waals surface area contributed by atoms with Crippen LogP contribution in [0.15, 0.2) is 25.3 Å². The van der Waals surface area contributed by atoms with Gasteiger partial charge in [-0.05, 0) is 6.42 Å². The molecule has 0 heterocycles. The van der Waals surface area contributed by atoms with E-state index < -0.39 is 57.8 Å². The second kappa shape index (κ2) is 11.3. The maximum absolute atomic E-state index is 13.2. The van der Waals surface area contributed by atoms with Gasteiger partial charge < -0.3 is 5.32 Å². The summed E-state index contributed by atoms with van der Waals surface area (Å²) in [6, 6.07) is 0. The SMILES string of the molecule is C=CCNCC=C.CCCCC(F)(F)C(F)(F)C(F)(F)C(F)(F)C(F)(F)C(F)(F)S(=O)(=O)O. The highest BCUT2D eigenvalue weighted by Gasteiger charge is 2.91. The first-order valence-corrected chi connectivity index (χ1v) is 10.1. The molecule has 0 radical (unpaired) electrons. The number of hydrogen-bond donors (Lipinski definition) is 2. The molecule has 17 heteroatoms. The van der Waals surface area contributed by atoms with Crippen LogP contribution in [0.5, 0.6) is 0 Å². The molecule has 0 aromatic rings. The minimum Gasteiger partial charge on any atom is -0.310 e. The summed E-state index contributed by atoms with van der Waals surface area (Å²) in [5.74, 6) is -37.1. The van der Waals surface area contributed by atoms with E-state index in [1.807, 2.05) is 12.2 Å².